The zero-order valence-corrected chi connectivity index (χ0v) is 11.5. The molecule has 0 radical (unpaired) electrons. The number of anilines is 2. The van der Waals surface area contributed by atoms with Gasteiger partial charge in [0.25, 0.3) is 0 Å². The van der Waals surface area contributed by atoms with Crippen molar-refractivity contribution in [2.45, 2.75) is 6.18 Å². The Morgan fingerprint density at radius 3 is 2.04 bits per heavy atom. The summed E-state index contributed by atoms with van der Waals surface area (Å²) in [5.41, 5.74) is -0.744. The van der Waals surface area contributed by atoms with Gasteiger partial charge in [0.15, 0.2) is 0 Å². The largest absolute Gasteiger partial charge is 0.478 e. The van der Waals surface area contributed by atoms with Gasteiger partial charge in [-0.25, -0.2) is 9.59 Å². The summed E-state index contributed by atoms with van der Waals surface area (Å²) in [6.45, 7) is 0. The van der Waals surface area contributed by atoms with E-state index < -0.39 is 23.7 Å². The van der Waals surface area contributed by atoms with E-state index in [9.17, 15) is 22.8 Å². The summed E-state index contributed by atoms with van der Waals surface area (Å²) in [7, 11) is 0. The average Bonchev–Trinajstić information content (AvgIpc) is 2.46. The lowest BCUT2D eigenvalue weighted by Gasteiger charge is -2.11. The first-order valence-electron chi connectivity index (χ1n) is 6.34. The van der Waals surface area contributed by atoms with Gasteiger partial charge in [0, 0.05) is 11.4 Å². The summed E-state index contributed by atoms with van der Waals surface area (Å²) in [6.07, 6.45) is -4.51. The molecule has 0 bridgehead atoms. The van der Waals surface area contributed by atoms with Crippen LogP contribution in [0, 0.1) is 0 Å². The fourth-order valence-corrected chi connectivity index (χ4v) is 1.80. The van der Waals surface area contributed by atoms with Crippen LogP contribution < -0.4 is 10.6 Å². The lowest BCUT2D eigenvalue weighted by molar-refractivity contribution is -0.137. The highest BCUT2D eigenvalue weighted by molar-refractivity contribution is 6.00. The molecule has 0 atom stereocenters. The maximum absolute atomic E-state index is 12.6. The normalized spacial score (nSPS) is 10.9. The van der Waals surface area contributed by atoms with Crippen LogP contribution in [-0.4, -0.2) is 17.1 Å². The number of carboxylic acid groups (broad SMARTS) is 1. The fraction of sp³-hybridized carbons (Fsp3) is 0.0667. The molecule has 0 fully saturated rings. The molecule has 2 rings (SSSR count). The highest BCUT2D eigenvalue weighted by Crippen LogP contribution is 2.30. The molecule has 0 unspecified atom stereocenters. The van der Waals surface area contributed by atoms with Gasteiger partial charge in [0.05, 0.1) is 11.1 Å². The first kappa shape index (κ1) is 16.3. The average molecular weight is 324 g/mol. The Labute approximate surface area is 128 Å². The van der Waals surface area contributed by atoms with Crippen molar-refractivity contribution >= 4 is 23.4 Å². The molecule has 0 aliphatic heterocycles. The second-order valence-corrected chi connectivity index (χ2v) is 4.54. The van der Waals surface area contributed by atoms with E-state index in [2.05, 4.69) is 10.6 Å². The van der Waals surface area contributed by atoms with Crippen LogP contribution in [0.5, 0.6) is 0 Å². The molecule has 2 amide bonds. The molecule has 0 aliphatic rings. The smallest absolute Gasteiger partial charge is 0.416 e. The zero-order valence-electron chi connectivity index (χ0n) is 11.5. The zero-order chi connectivity index (χ0) is 17.0. The highest BCUT2D eigenvalue weighted by Gasteiger charge is 2.30. The predicted molar refractivity (Wildman–Crippen MR) is 77.5 cm³/mol. The lowest BCUT2D eigenvalue weighted by Crippen LogP contribution is -2.20. The number of alkyl halides is 3. The second kappa shape index (κ2) is 6.39. The van der Waals surface area contributed by atoms with E-state index in [1.54, 1.807) is 0 Å². The molecular weight excluding hydrogens is 313 g/mol. The number of carbonyl (C=O) groups excluding carboxylic acids is 1. The van der Waals surface area contributed by atoms with E-state index in [0.29, 0.717) is 0 Å². The summed E-state index contributed by atoms with van der Waals surface area (Å²) < 4.78 is 37.8. The van der Waals surface area contributed by atoms with E-state index in [4.69, 9.17) is 5.11 Å². The van der Waals surface area contributed by atoms with Gasteiger partial charge in [0.1, 0.15) is 0 Å². The van der Waals surface area contributed by atoms with Crippen LogP contribution in [-0.2, 0) is 6.18 Å². The Morgan fingerprint density at radius 1 is 0.913 bits per heavy atom. The van der Waals surface area contributed by atoms with Crippen molar-refractivity contribution in [3.63, 3.8) is 0 Å². The number of aromatic carboxylic acids is 1. The summed E-state index contributed by atoms with van der Waals surface area (Å²) in [4.78, 5) is 22.6. The monoisotopic (exact) mass is 324 g/mol. The van der Waals surface area contributed by atoms with E-state index in [1.165, 1.54) is 36.4 Å². The fourth-order valence-electron chi connectivity index (χ4n) is 1.80. The molecule has 0 saturated carbocycles. The second-order valence-electron chi connectivity index (χ2n) is 4.54. The number of nitrogens with one attached hydrogen (secondary N) is 2. The van der Waals surface area contributed by atoms with Crippen molar-refractivity contribution in [1.29, 1.82) is 0 Å². The maximum Gasteiger partial charge on any atom is 0.416 e. The molecule has 0 heterocycles. The maximum atomic E-state index is 12.6. The van der Waals surface area contributed by atoms with Crippen molar-refractivity contribution in [3.05, 3.63) is 59.7 Å². The molecule has 120 valence electrons. The minimum Gasteiger partial charge on any atom is -0.478 e. The quantitative estimate of drug-likeness (QED) is 0.797. The molecule has 2 aromatic carbocycles. The van der Waals surface area contributed by atoms with Gasteiger partial charge < -0.3 is 15.7 Å². The molecule has 3 N–H and O–H groups in total. The van der Waals surface area contributed by atoms with Crippen LogP contribution in [0.4, 0.5) is 29.3 Å². The van der Waals surface area contributed by atoms with Gasteiger partial charge in [-0.2, -0.15) is 13.2 Å². The first-order valence-corrected chi connectivity index (χ1v) is 6.34. The number of carbonyl (C=O) groups is 2. The molecule has 0 aliphatic carbocycles. The Bertz CT molecular complexity index is 745. The molecule has 0 aromatic heterocycles. The number of amides is 2. The van der Waals surface area contributed by atoms with E-state index in [1.807, 2.05) is 0 Å². The number of halogens is 3. The lowest BCUT2D eigenvalue weighted by atomic mass is 10.2. The minimum absolute atomic E-state index is 0.0260. The molecule has 5 nitrogen and oxygen atoms in total. The number of urea groups is 1. The Morgan fingerprint density at radius 2 is 1.48 bits per heavy atom. The van der Waals surface area contributed by atoms with Crippen molar-refractivity contribution in [1.82, 2.24) is 0 Å². The third kappa shape index (κ3) is 4.47. The molecule has 23 heavy (non-hydrogen) atoms. The van der Waals surface area contributed by atoms with Crippen molar-refractivity contribution < 1.29 is 27.9 Å². The Hall–Kier alpha value is -3.03. The van der Waals surface area contributed by atoms with Crippen LogP contribution in [0.1, 0.15) is 15.9 Å². The number of carboxylic acids is 1. The predicted octanol–water partition coefficient (Wildman–Crippen LogP) is 4.05. The van der Waals surface area contributed by atoms with Crippen LogP contribution in [0.2, 0.25) is 0 Å². The SMILES string of the molecule is O=C(Nc1cccc(C(=O)O)c1)Nc1cccc(C(F)(F)F)c1. The summed E-state index contributed by atoms with van der Waals surface area (Å²) >= 11 is 0. The Balaban J connectivity index is 2.08. The number of benzene rings is 2. The summed E-state index contributed by atoms with van der Waals surface area (Å²) in [5, 5.41) is 13.5. The van der Waals surface area contributed by atoms with Crippen LogP contribution in [0.15, 0.2) is 48.5 Å². The highest BCUT2D eigenvalue weighted by atomic mass is 19.4. The van der Waals surface area contributed by atoms with Crippen molar-refractivity contribution in [3.8, 4) is 0 Å². The van der Waals surface area contributed by atoms with E-state index >= 15 is 0 Å². The van der Waals surface area contributed by atoms with Gasteiger partial charge in [-0.1, -0.05) is 12.1 Å². The number of hydrogen-bond donors (Lipinski definition) is 3. The summed E-state index contributed by atoms with van der Waals surface area (Å²) in [6, 6.07) is 8.85. The van der Waals surface area contributed by atoms with Crippen LogP contribution >= 0.6 is 0 Å². The topological polar surface area (TPSA) is 78.4 Å². The van der Waals surface area contributed by atoms with Gasteiger partial charge in [-0.3, -0.25) is 0 Å². The van der Waals surface area contributed by atoms with Gasteiger partial charge in [-0.15, -0.1) is 0 Å². The Kier molecular flexibility index (Phi) is 4.54. The van der Waals surface area contributed by atoms with Crippen LogP contribution in [0.3, 0.4) is 0 Å². The molecule has 2 aromatic rings. The minimum atomic E-state index is -4.51. The number of rotatable bonds is 3. The first-order chi connectivity index (χ1) is 10.8. The van der Waals surface area contributed by atoms with E-state index in [0.717, 1.165) is 12.1 Å². The summed E-state index contributed by atoms with van der Waals surface area (Å²) in [5.74, 6) is -1.16. The van der Waals surface area contributed by atoms with Gasteiger partial charge in [-0.05, 0) is 36.4 Å². The van der Waals surface area contributed by atoms with E-state index in [-0.39, 0.29) is 16.9 Å². The van der Waals surface area contributed by atoms with Crippen molar-refractivity contribution in [2.75, 3.05) is 10.6 Å². The van der Waals surface area contributed by atoms with Crippen molar-refractivity contribution in [2.24, 2.45) is 0 Å². The third-order valence-corrected chi connectivity index (χ3v) is 2.82. The number of hydrogen-bond acceptors (Lipinski definition) is 2. The van der Waals surface area contributed by atoms with Crippen LogP contribution in [0.25, 0.3) is 0 Å². The van der Waals surface area contributed by atoms with Gasteiger partial charge in [0.2, 0.25) is 0 Å². The molecular formula is C15H11F3N2O3. The van der Waals surface area contributed by atoms with Gasteiger partial charge >= 0.3 is 18.2 Å². The molecule has 0 spiro atoms. The standard InChI is InChI=1S/C15H11F3N2O3/c16-15(17,18)10-4-2-6-12(8-10)20-14(23)19-11-5-1-3-9(7-11)13(21)22/h1-8H,(H,21,22)(H2,19,20,23). The third-order valence-electron chi connectivity index (χ3n) is 2.82. The molecule has 0 saturated heterocycles. The molecule has 8 heteroatoms.